The highest BCUT2D eigenvalue weighted by molar-refractivity contribution is 7.15. The van der Waals surface area contributed by atoms with Crippen molar-refractivity contribution in [1.82, 2.24) is 14.3 Å². The van der Waals surface area contributed by atoms with Crippen molar-refractivity contribution in [2.75, 3.05) is 13.6 Å². The Morgan fingerprint density at radius 1 is 1.55 bits per heavy atom. The van der Waals surface area contributed by atoms with E-state index >= 15 is 0 Å². The van der Waals surface area contributed by atoms with Crippen LogP contribution in [0.15, 0.2) is 16.4 Å². The Bertz CT molecular complexity index is 767. The van der Waals surface area contributed by atoms with Gasteiger partial charge in [0, 0.05) is 36.8 Å². The monoisotopic (exact) mass is 321 g/mol. The summed E-state index contributed by atoms with van der Waals surface area (Å²) in [4.78, 5) is 31.3. The molecule has 118 valence electrons. The number of amides is 1. The van der Waals surface area contributed by atoms with Crippen LogP contribution in [0, 0.1) is 12.8 Å². The van der Waals surface area contributed by atoms with Gasteiger partial charge in [-0.1, -0.05) is 6.42 Å². The molecule has 0 bridgehead atoms. The number of hydrogen-bond acceptors (Lipinski definition) is 5. The van der Waals surface area contributed by atoms with Crippen molar-refractivity contribution in [1.29, 1.82) is 0 Å². The first-order chi connectivity index (χ1) is 10.5. The van der Waals surface area contributed by atoms with E-state index in [0.717, 1.165) is 25.0 Å². The van der Waals surface area contributed by atoms with Crippen LogP contribution in [-0.2, 0) is 0 Å². The Hall–Kier alpha value is -1.73. The molecule has 1 fully saturated rings. The maximum Gasteiger partial charge on any atom is 0.271 e. The molecular weight excluding hydrogens is 302 g/mol. The first-order valence-electron chi connectivity index (χ1n) is 7.38. The number of hydrogen-bond donors (Lipinski definition) is 1. The van der Waals surface area contributed by atoms with E-state index in [0.29, 0.717) is 11.5 Å². The molecule has 2 unspecified atom stereocenters. The number of carbonyl (C=O) groups is 1. The zero-order valence-corrected chi connectivity index (χ0v) is 13.5. The van der Waals surface area contributed by atoms with Gasteiger partial charge in [0.25, 0.3) is 11.5 Å². The quantitative estimate of drug-likeness (QED) is 0.924. The average molecular weight is 321 g/mol. The van der Waals surface area contributed by atoms with Gasteiger partial charge in [0.15, 0.2) is 4.96 Å². The average Bonchev–Trinajstić information content (AvgIpc) is 3.06. The summed E-state index contributed by atoms with van der Waals surface area (Å²) in [5.74, 6) is -0.243. The van der Waals surface area contributed by atoms with Crippen molar-refractivity contribution in [3.63, 3.8) is 0 Å². The molecule has 1 N–H and O–H groups in total. The third kappa shape index (κ3) is 2.55. The van der Waals surface area contributed by atoms with Crippen molar-refractivity contribution in [2.45, 2.75) is 32.3 Å². The molecule has 1 saturated carbocycles. The fourth-order valence-electron chi connectivity index (χ4n) is 3.04. The van der Waals surface area contributed by atoms with Crippen molar-refractivity contribution >= 4 is 22.2 Å². The van der Waals surface area contributed by atoms with E-state index in [1.54, 1.807) is 7.05 Å². The van der Waals surface area contributed by atoms with Gasteiger partial charge in [-0.3, -0.25) is 14.0 Å². The predicted molar refractivity (Wildman–Crippen MR) is 84.4 cm³/mol. The molecule has 3 rings (SSSR count). The van der Waals surface area contributed by atoms with Gasteiger partial charge >= 0.3 is 0 Å². The third-order valence-electron chi connectivity index (χ3n) is 4.32. The van der Waals surface area contributed by atoms with E-state index in [2.05, 4.69) is 4.98 Å². The van der Waals surface area contributed by atoms with E-state index < -0.39 is 0 Å². The largest absolute Gasteiger partial charge is 0.393 e. The number of aryl methyl sites for hydroxylation is 1. The molecule has 2 aromatic heterocycles. The summed E-state index contributed by atoms with van der Waals surface area (Å²) in [7, 11) is 1.67. The number of aliphatic hydroxyl groups is 1. The molecule has 0 spiro atoms. The molecular formula is C15H19N3O3S. The van der Waals surface area contributed by atoms with E-state index in [1.807, 2.05) is 12.3 Å². The first-order valence-corrected chi connectivity index (χ1v) is 8.26. The normalized spacial score (nSPS) is 21.4. The van der Waals surface area contributed by atoms with Gasteiger partial charge in [0.1, 0.15) is 5.56 Å². The van der Waals surface area contributed by atoms with E-state index in [-0.39, 0.29) is 29.1 Å². The van der Waals surface area contributed by atoms with E-state index in [9.17, 15) is 14.7 Å². The number of aliphatic hydroxyl groups excluding tert-OH is 1. The third-order valence-corrected chi connectivity index (χ3v) is 5.28. The highest BCUT2D eigenvalue weighted by Crippen LogP contribution is 2.26. The van der Waals surface area contributed by atoms with Crippen LogP contribution in [0.3, 0.4) is 0 Å². The van der Waals surface area contributed by atoms with Crippen molar-refractivity contribution < 1.29 is 9.90 Å². The topological polar surface area (TPSA) is 74.9 Å². The Morgan fingerprint density at radius 2 is 2.32 bits per heavy atom. The molecule has 0 aliphatic heterocycles. The van der Waals surface area contributed by atoms with Gasteiger partial charge in [0.2, 0.25) is 0 Å². The second-order valence-electron chi connectivity index (χ2n) is 5.92. The summed E-state index contributed by atoms with van der Waals surface area (Å²) in [6.07, 6.45) is 3.70. The van der Waals surface area contributed by atoms with Crippen molar-refractivity contribution in [2.24, 2.45) is 5.92 Å². The minimum absolute atomic E-state index is 0.0778. The lowest BCUT2D eigenvalue weighted by Crippen LogP contribution is -2.37. The van der Waals surface area contributed by atoms with Crippen LogP contribution in [0.4, 0.5) is 0 Å². The number of rotatable bonds is 3. The molecule has 1 aliphatic carbocycles. The van der Waals surface area contributed by atoms with E-state index in [1.165, 1.54) is 26.8 Å². The summed E-state index contributed by atoms with van der Waals surface area (Å²) < 4.78 is 1.47. The molecule has 0 aromatic carbocycles. The molecule has 2 aromatic rings. The summed E-state index contributed by atoms with van der Waals surface area (Å²) in [6.45, 7) is 2.28. The van der Waals surface area contributed by atoms with Gasteiger partial charge in [-0.05, 0) is 19.8 Å². The molecule has 22 heavy (non-hydrogen) atoms. The SMILES string of the molecule is Cc1csc2ncc(C(=O)N(C)CC3CCCC3O)c(=O)n12. The highest BCUT2D eigenvalue weighted by Gasteiger charge is 2.28. The molecule has 1 amide bonds. The lowest BCUT2D eigenvalue weighted by molar-refractivity contribution is 0.0691. The fourth-order valence-corrected chi connectivity index (χ4v) is 3.87. The van der Waals surface area contributed by atoms with Crippen LogP contribution >= 0.6 is 11.3 Å². The maximum absolute atomic E-state index is 12.5. The lowest BCUT2D eigenvalue weighted by atomic mass is 10.1. The Labute approximate surface area is 132 Å². The Kier molecular flexibility index (Phi) is 4.01. The Morgan fingerprint density at radius 3 is 3.00 bits per heavy atom. The fraction of sp³-hybridized carbons (Fsp3) is 0.533. The second-order valence-corrected chi connectivity index (χ2v) is 6.75. The summed E-state index contributed by atoms with van der Waals surface area (Å²) in [6, 6.07) is 0. The number of thiazole rings is 1. The zero-order valence-electron chi connectivity index (χ0n) is 12.7. The number of nitrogens with zero attached hydrogens (tertiary/aromatic N) is 3. The van der Waals surface area contributed by atoms with E-state index in [4.69, 9.17) is 0 Å². The molecule has 0 saturated heterocycles. The zero-order chi connectivity index (χ0) is 15.9. The smallest absolute Gasteiger partial charge is 0.271 e. The maximum atomic E-state index is 12.5. The number of aromatic nitrogens is 2. The van der Waals surface area contributed by atoms with Gasteiger partial charge < -0.3 is 10.0 Å². The van der Waals surface area contributed by atoms with Gasteiger partial charge in [-0.2, -0.15) is 0 Å². The summed E-state index contributed by atoms with van der Waals surface area (Å²) >= 11 is 1.38. The first kappa shape index (κ1) is 15.2. The van der Waals surface area contributed by atoms with Crippen molar-refractivity contribution in [3.8, 4) is 0 Å². The summed E-state index contributed by atoms with van der Waals surface area (Å²) in [5, 5.41) is 11.7. The predicted octanol–water partition coefficient (Wildman–Crippen LogP) is 1.30. The summed E-state index contributed by atoms with van der Waals surface area (Å²) in [5.41, 5.74) is 0.530. The van der Waals surface area contributed by atoms with Crippen LogP contribution < -0.4 is 5.56 Å². The van der Waals surface area contributed by atoms with Crippen LogP contribution in [0.1, 0.15) is 35.3 Å². The molecule has 2 atom stereocenters. The second kappa shape index (κ2) is 5.81. The van der Waals surface area contributed by atoms with Crippen molar-refractivity contribution in [3.05, 3.63) is 33.2 Å². The van der Waals surface area contributed by atoms with Crippen LogP contribution in [0.25, 0.3) is 4.96 Å². The molecule has 6 nitrogen and oxygen atoms in total. The van der Waals surface area contributed by atoms with Crippen LogP contribution in [0.2, 0.25) is 0 Å². The van der Waals surface area contributed by atoms with Gasteiger partial charge in [0.05, 0.1) is 6.10 Å². The molecule has 0 radical (unpaired) electrons. The molecule has 7 heteroatoms. The van der Waals surface area contributed by atoms with Crippen LogP contribution in [0.5, 0.6) is 0 Å². The Balaban J connectivity index is 1.87. The number of fused-ring (bicyclic) bond motifs is 1. The lowest BCUT2D eigenvalue weighted by Gasteiger charge is -2.23. The molecule has 2 heterocycles. The van der Waals surface area contributed by atoms with Crippen LogP contribution in [-0.4, -0.2) is 45.0 Å². The molecule has 1 aliphatic rings. The minimum Gasteiger partial charge on any atom is -0.393 e. The minimum atomic E-state index is -0.351. The van der Waals surface area contributed by atoms with Gasteiger partial charge in [-0.25, -0.2) is 4.98 Å². The standard InChI is InChI=1S/C15H19N3O3S/c1-9-8-22-15-16-6-11(14(21)18(9)15)13(20)17(2)7-10-4-3-5-12(10)19/h6,8,10,12,19H,3-5,7H2,1-2H3. The number of carbonyl (C=O) groups excluding carboxylic acids is 1. The van der Waals surface area contributed by atoms with Gasteiger partial charge in [-0.15, -0.1) is 11.3 Å². The highest BCUT2D eigenvalue weighted by atomic mass is 32.1.